The summed E-state index contributed by atoms with van der Waals surface area (Å²) in [5.74, 6) is -0.473. The van der Waals surface area contributed by atoms with Crippen LogP contribution in [-0.2, 0) is 17.6 Å². The fraction of sp³-hybridized carbons (Fsp3) is 0.235. The van der Waals surface area contributed by atoms with E-state index >= 15 is 0 Å². The first-order valence-electron chi connectivity index (χ1n) is 6.85. The van der Waals surface area contributed by atoms with Crippen LogP contribution < -0.4 is 0 Å². The zero-order valence-electron chi connectivity index (χ0n) is 11.7. The van der Waals surface area contributed by atoms with Crippen LogP contribution in [0.2, 0.25) is 0 Å². The fourth-order valence-electron chi connectivity index (χ4n) is 2.12. The van der Waals surface area contributed by atoms with Crippen molar-refractivity contribution in [2.24, 2.45) is 0 Å². The Labute approximate surface area is 145 Å². The minimum Gasteiger partial charge on any atom is -0.300 e. The Balaban J connectivity index is 1.85. The molecule has 0 fully saturated rings. The Kier molecular flexibility index (Phi) is 6.26. The minimum absolute atomic E-state index is 0.132. The lowest BCUT2D eigenvalue weighted by atomic mass is 10.0. The molecule has 0 unspecified atom stereocenters. The van der Waals surface area contributed by atoms with E-state index in [4.69, 9.17) is 0 Å². The van der Waals surface area contributed by atoms with Crippen molar-refractivity contribution in [2.45, 2.75) is 25.7 Å². The molecule has 22 heavy (non-hydrogen) atoms. The van der Waals surface area contributed by atoms with E-state index in [1.165, 1.54) is 24.3 Å². The van der Waals surface area contributed by atoms with Gasteiger partial charge < -0.3 is 0 Å². The normalized spacial score (nSPS) is 10.7. The van der Waals surface area contributed by atoms with Crippen LogP contribution in [0.4, 0.5) is 8.78 Å². The summed E-state index contributed by atoms with van der Waals surface area (Å²) >= 11 is 6.59. The number of carbonyl (C=O) groups excluding carboxylic acids is 1. The highest BCUT2D eigenvalue weighted by molar-refractivity contribution is 9.10. The largest absolute Gasteiger partial charge is 0.300 e. The number of hydrogen-bond acceptors (Lipinski definition) is 1. The number of halogens is 4. The van der Waals surface area contributed by atoms with Crippen LogP contribution in [-0.4, -0.2) is 5.78 Å². The standard InChI is InChI=1S/C17H14Br2F2O/c18-16-9-13(20)5-1-11(16)3-7-15(22)8-4-12-2-6-14(21)10-17(12)19/h1-2,5-6,9-10H,3-4,7-8H2. The second kappa shape index (κ2) is 7.97. The van der Waals surface area contributed by atoms with Gasteiger partial charge in [0, 0.05) is 21.8 Å². The third kappa shape index (κ3) is 4.99. The first kappa shape index (κ1) is 17.3. The number of rotatable bonds is 6. The number of carbonyl (C=O) groups is 1. The molecule has 0 aliphatic heterocycles. The van der Waals surface area contributed by atoms with Gasteiger partial charge in [-0.25, -0.2) is 8.78 Å². The highest BCUT2D eigenvalue weighted by Gasteiger charge is 2.08. The van der Waals surface area contributed by atoms with E-state index in [2.05, 4.69) is 31.9 Å². The quantitative estimate of drug-likeness (QED) is 0.579. The fourth-order valence-corrected chi connectivity index (χ4v) is 3.22. The van der Waals surface area contributed by atoms with Gasteiger partial charge in [-0.2, -0.15) is 0 Å². The van der Waals surface area contributed by atoms with E-state index in [9.17, 15) is 13.6 Å². The van der Waals surface area contributed by atoms with Gasteiger partial charge in [0.1, 0.15) is 17.4 Å². The second-order valence-electron chi connectivity index (χ2n) is 5.01. The lowest BCUT2D eigenvalue weighted by Gasteiger charge is -2.06. The van der Waals surface area contributed by atoms with Crippen LogP contribution in [0.5, 0.6) is 0 Å². The van der Waals surface area contributed by atoms with E-state index in [1.807, 2.05) is 0 Å². The summed E-state index contributed by atoms with van der Waals surface area (Å²) in [6, 6.07) is 8.94. The van der Waals surface area contributed by atoms with E-state index in [0.717, 1.165) is 11.1 Å². The first-order chi connectivity index (χ1) is 10.5. The van der Waals surface area contributed by atoms with Crippen LogP contribution in [0.3, 0.4) is 0 Å². The highest BCUT2D eigenvalue weighted by Crippen LogP contribution is 2.21. The third-order valence-electron chi connectivity index (χ3n) is 3.38. The monoisotopic (exact) mass is 430 g/mol. The van der Waals surface area contributed by atoms with Crippen LogP contribution in [0, 0.1) is 11.6 Å². The van der Waals surface area contributed by atoms with Crippen molar-refractivity contribution in [2.75, 3.05) is 0 Å². The van der Waals surface area contributed by atoms with Crippen molar-refractivity contribution in [3.8, 4) is 0 Å². The molecule has 2 aromatic rings. The third-order valence-corrected chi connectivity index (χ3v) is 4.85. The molecule has 0 saturated heterocycles. The molecule has 2 aromatic carbocycles. The van der Waals surface area contributed by atoms with Gasteiger partial charge in [0.05, 0.1) is 0 Å². The van der Waals surface area contributed by atoms with Gasteiger partial charge in [0.15, 0.2) is 0 Å². The summed E-state index contributed by atoms with van der Waals surface area (Å²) in [6.07, 6.45) is 1.96. The number of Topliss-reactive ketones (excluding diaryl/α,β-unsaturated/α-hetero) is 1. The van der Waals surface area contributed by atoms with E-state index in [-0.39, 0.29) is 17.4 Å². The summed E-state index contributed by atoms with van der Waals surface area (Å²) in [6.45, 7) is 0. The molecular formula is C17H14Br2F2O. The lowest BCUT2D eigenvalue weighted by Crippen LogP contribution is -2.03. The number of benzene rings is 2. The molecular weight excluding hydrogens is 418 g/mol. The summed E-state index contributed by atoms with van der Waals surface area (Å²) in [5, 5.41) is 0. The predicted octanol–water partition coefficient (Wildman–Crippen LogP) is 5.62. The van der Waals surface area contributed by atoms with Gasteiger partial charge >= 0.3 is 0 Å². The van der Waals surface area contributed by atoms with Crippen LogP contribution in [0.1, 0.15) is 24.0 Å². The van der Waals surface area contributed by atoms with E-state index in [0.29, 0.717) is 34.6 Å². The van der Waals surface area contributed by atoms with Crippen molar-refractivity contribution in [3.63, 3.8) is 0 Å². The summed E-state index contributed by atoms with van der Waals surface area (Å²) in [5.41, 5.74) is 1.83. The minimum atomic E-state index is -0.303. The SMILES string of the molecule is O=C(CCc1ccc(F)cc1Br)CCc1ccc(F)cc1Br. The predicted molar refractivity (Wildman–Crippen MR) is 89.8 cm³/mol. The molecule has 5 heteroatoms. The van der Waals surface area contributed by atoms with Crippen LogP contribution >= 0.6 is 31.9 Å². The Bertz CT molecular complexity index is 629. The molecule has 0 saturated carbocycles. The molecule has 1 nitrogen and oxygen atoms in total. The number of aryl methyl sites for hydroxylation is 2. The molecule has 0 bridgehead atoms. The van der Waals surface area contributed by atoms with Crippen molar-refractivity contribution < 1.29 is 13.6 Å². The molecule has 116 valence electrons. The molecule has 0 aromatic heterocycles. The number of ketones is 1. The molecule has 0 heterocycles. The Morgan fingerprint density at radius 2 is 1.23 bits per heavy atom. The Morgan fingerprint density at radius 3 is 1.59 bits per heavy atom. The van der Waals surface area contributed by atoms with Gasteiger partial charge in [-0.15, -0.1) is 0 Å². The molecule has 0 spiro atoms. The molecule has 0 radical (unpaired) electrons. The lowest BCUT2D eigenvalue weighted by molar-refractivity contribution is -0.119. The van der Waals surface area contributed by atoms with Crippen LogP contribution in [0.25, 0.3) is 0 Å². The molecule has 0 amide bonds. The van der Waals surface area contributed by atoms with Gasteiger partial charge in [-0.05, 0) is 48.2 Å². The Morgan fingerprint density at radius 1 is 0.818 bits per heavy atom. The molecule has 0 N–H and O–H groups in total. The maximum Gasteiger partial charge on any atom is 0.133 e. The average molecular weight is 432 g/mol. The smallest absolute Gasteiger partial charge is 0.133 e. The maximum atomic E-state index is 13.0. The average Bonchev–Trinajstić information content (AvgIpc) is 2.45. The zero-order chi connectivity index (χ0) is 16.1. The van der Waals surface area contributed by atoms with Crippen molar-refractivity contribution >= 4 is 37.6 Å². The van der Waals surface area contributed by atoms with Crippen molar-refractivity contribution in [3.05, 3.63) is 68.1 Å². The summed E-state index contributed by atoms with van der Waals surface area (Å²) in [7, 11) is 0. The van der Waals surface area contributed by atoms with Crippen molar-refractivity contribution in [1.29, 1.82) is 0 Å². The van der Waals surface area contributed by atoms with Crippen molar-refractivity contribution in [1.82, 2.24) is 0 Å². The molecule has 2 rings (SSSR count). The molecule has 0 atom stereocenters. The number of hydrogen-bond donors (Lipinski definition) is 0. The van der Waals surface area contributed by atoms with Gasteiger partial charge in [0.2, 0.25) is 0 Å². The Hall–Kier alpha value is -1.07. The van der Waals surface area contributed by atoms with Gasteiger partial charge in [0.25, 0.3) is 0 Å². The summed E-state index contributed by atoms with van der Waals surface area (Å²) < 4.78 is 27.3. The van der Waals surface area contributed by atoms with E-state index < -0.39 is 0 Å². The van der Waals surface area contributed by atoms with E-state index in [1.54, 1.807) is 12.1 Å². The van der Waals surface area contributed by atoms with Gasteiger partial charge in [-0.3, -0.25) is 4.79 Å². The maximum absolute atomic E-state index is 13.0. The molecule has 0 aliphatic rings. The first-order valence-corrected chi connectivity index (χ1v) is 8.44. The summed E-state index contributed by atoms with van der Waals surface area (Å²) in [4.78, 5) is 12.0. The zero-order valence-corrected chi connectivity index (χ0v) is 14.9. The topological polar surface area (TPSA) is 17.1 Å². The van der Waals surface area contributed by atoms with Gasteiger partial charge in [-0.1, -0.05) is 44.0 Å². The van der Waals surface area contributed by atoms with Crippen LogP contribution in [0.15, 0.2) is 45.3 Å². The molecule has 0 aliphatic carbocycles. The highest BCUT2D eigenvalue weighted by atomic mass is 79.9. The second-order valence-corrected chi connectivity index (χ2v) is 6.72.